The van der Waals surface area contributed by atoms with Crippen LogP contribution in [0.25, 0.3) is 0 Å². The molecule has 1 unspecified atom stereocenters. The molecular formula is C22H18FNO4. The number of esters is 1. The van der Waals surface area contributed by atoms with Crippen LogP contribution in [0.3, 0.4) is 0 Å². The molecule has 0 spiro atoms. The average Bonchev–Trinajstić information content (AvgIpc) is 3.25. The van der Waals surface area contributed by atoms with Crippen LogP contribution in [0.4, 0.5) is 4.39 Å². The van der Waals surface area contributed by atoms with E-state index in [4.69, 9.17) is 9.15 Å². The highest BCUT2D eigenvalue weighted by Gasteiger charge is 2.37. The van der Waals surface area contributed by atoms with Crippen molar-refractivity contribution in [2.75, 3.05) is 0 Å². The minimum absolute atomic E-state index is 0.0580. The molecule has 0 bridgehead atoms. The minimum Gasteiger partial charge on any atom is -0.459 e. The number of hydrogen-bond donors (Lipinski definition) is 0. The van der Waals surface area contributed by atoms with Crippen molar-refractivity contribution in [3.63, 3.8) is 0 Å². The lowest BCUT2D eigenvalue weighted by molar-refractivity contribution is -0.151. The van der Waals surface area contributed by atoms with E-state index in [0.717, 1.165) is 11.1 Å². The first-order chi connectivity index (χ1) is 13.6. The van der Waals surface area contributed by atoms with Crippen LogP contribution in [-0.2, 0) is 29.1 Å². The molecule has 0 saturated carbocycles. The number of halogens is 1. The number of furan rings is 1. The molecule has 1 aliphatic heterocycles. The molecule has 1 amide bonds. The van der Waals surface area contributed by atoms with Crippen molar-refractivity contribution in [1.29, 1.82) is 0 Å². The van der Waals surface area contributed by atoms with E-state index < -0.39 is 17.8 Å². The number of carbonyl (C=O) groups excluding carboxylic acids is 2. The summed E-state index contributed by atoms with van der Waals surface area (Å²) in [5, 5.41) is 0. The van der Waals surface area contributed by atoms with Crippen LogP contribution in [0.15, 0.2) is 71.3 Å². The second kappa shape index (κ2) is 7.68. The first-order valence-corrected chi connectivity index (χ1v) is 8.94. The van der Waals surface area contributed by atoms with Gasteiger partial charge < -0.3 is 14.1 Å². The monoisotopic (exact) mass is 379 g/mol. The van der Waals surface area contributed by atoms with Crippen molar-refractivity contribution < 1.29 is 23.1 Å². The van der Waals surface area contributed by atoms with E-state index in [1.807, 2.05) is 24.3 Å². The maximum Gasteiger partial charge on any atom is 0.329 e. The van der Waals surface area contributed by atoms with E-state index >= 15 is 0 Å². The van der Waals surface area contributed by atoms with Crippen LogP contribution in [-0.4, -0.2) is 22.8 Å². The lowest BCUT2D eigenvalue weighted by Crippen LogP contribution is -2.49. The molecule has 0 N–H and O–H groups in total. The van der Waals surface area contributed by atoms with Gasteiger partial charge in [-0.1, -0.05) is 36.4 Å². The van der Waals surface area contributed by atoms with E-state index in [1.165, 1.54) is 23.3 Å². The number of benzene rings is 2. The number of hydrogen-bond acceptors (Lipinski definition) is 4. The first kappa shape index (κ1) is 18.0. The lowest BCUT2D eigenvalue weighted by Gasteiger charge is -2.34. The topological polar surface area (TPSA) is 59.8 Å². The molecule has 1 aliphatic rings. The van der Waals surface area contributed by atoms with Gasteiger partial charge in [-0.3, -0.25) is 4.79 Å². The number of rotatable bonds is 4. The molecule has 2 heterocycles. The summed E-state index contributed by atoms with van der Waals surface area (Å²) < 4.78 is 24.0. The summed E-state index contributed by atoms with van der Waals surface area (Å²) in [4.78, 5) is 27.2. The number of ether oxygens (including phenoxy) is 1. The molecule has 0 saturated heterocycles. The Balaban J connectivity index is 1.56. The third-order valence-electron chi connectivity index (χ3n) is 4.78. The molecule has 5 nitrogen and oxygen atoms in total. The van der Waals surface area contributed by atoms with Gasteiger partial charge in [-0.2, -0.15) is 0 Å². The minimum atomic E-state index is -0.777. The van der Waals surface area contributed by atoms with Crippen LogP contribution >= 0.6 is 0 Å². The molecule has 0 aliphatic carbocycles. The largest absolute Gasteiger partial charge is 0.459 e. The highest BCUT2D eigenvalue weighted by molar-refractivity contribution is 5.95. The Morgan fingerprint density at radius 3 is 2.64 bits per heavy atom. The van der Waals surface area contributed by atoms with Crippen LogP contribution in [0.2, 0.25) is 0 Å². The summed E-state index contributed by atoms with van der Waals surface area (Å²) in [5.74, 6) is -1.12. The summed E-state index contributed by atoms with van der Waals surface area (Å²) in [6, 6.07) is 16.0. The van der Waals surface area contributed by atoms with Crippen molar-refractivity contribution in [2.24, 2.45) is 0 Å². The van der Waals surface area contributed by atoms with Gasteiger partial charge in [-0.15, -0.1) is 0 Å². The Bertz CT molecular complexity index is 999. The summed E-state index contributed by atoms with van der Waals surface area (Å²) in [7, 11) is 0. The lowest BCUT2D eigenvalue weighted by atomic mass is 9.93. The molecule has 0 radical (unpaired) electrons. The van der Waals surface area contributed by atoms with E-state index in [9.17, 15) is 14.0 Å². The van der Waals surface area contributed by atoms with Crippen LogP contribution in [0.5, 0.6) is 0 Å². The van der Waals surface area contributed by atoms with Crippen molar-refractivity contribution in [2.45, 2.75) is 25.6 Å². The van der Waals surface area contributed by atoms with Crippen LogP contribution in [0.1, 0.15) is 27.2 Å². The summed E-state index contributed by atoms with van der Waals surface area (Å²) >= 11 is 0. The van der Waals surface area contributed by atoms with Crippen LogP contribution < -0.4 is 0 Å². The zero-order chi connectivity index (χ0) is 19.5. The maximum atomic E-state index is 13.3. The van der Waals surface area contributed by atoms with E-state index in [0.29, 0.717) is 12.0 Å². The third kappa shape index (κ3) is 3.67. The molecule has 28 heavy (non-hydrogen) atoms. The van der Waals surface area contributed by atoms with Gasteiger partial charge in [-0.25, -0.2) is 9.18 Å². The molecule has 3 aromatic rings. The second-order valence-electron chi connectivity index (χ2n) is 6.64. The van der Waals surface area contributed by atoms with Gasteiger partial charge in [0.2, 0.25) is 0 Å². The van der Waals surface area contributed by atoms with Crippen molar-refractivity contribution >= 4 is 11.9 Å². The van der Waals surface area contributed by atoms with Gasteiger partial charge in [0.15, 0.2) is 5.76 Å². The van der Waals surface area contributed by atoms with E-state index in [2.05, 4.69) is 0 Å². The molecule has 142 valence electrons. The molecule has 4 rings (SSSR count). The van der Waals surface area contributed by atoms with Gasteiger partial charge in [0.1, 0.15) is 18.5 Å². The van der Waals surface area contributed by atoms with E-state index in [1.54, 1.807) is 24.3 Å². The Morgan fingerprint density at radius 2 is 1.89 bits per heavy atom. The maximum absolute atomic E-state index is 13.3. The smallest absolute Gasteiger partial charge is 0.329 e. The number of carbonyl (C=O) groups is 2. The zero-order valence-corrected chi connectivity index (χ0v) is 15.0. The predicted molar refractivity (Wildman–Crippen MR) is 98.7 cm³/mol. The predicted octanol–water partition coefficient (Wildman–Crippen LogP) is 3.73. The molecule has 0 fully saturated rings. The molecule has 1 aromatic heterocycles. The summed E-state index contributed by atoms with van der Waals surface area (Å²) in [6.45, 7) is 0.229. The Labute approximate surface area is 161 Å². The van der Waals surface area contributed by atoms with Gasteiger partial charge in [0, 0.05) is 13.0 Å². The van der Waals surface area contributed by atoms with Gasteiger partial charge in [0.25, 0.3) is 5.91 Å². The SMILES string of the molecule is O=C(OCc1cccc(F)c1)C1Cc2ccccc2CN1C(=O)c1ccco1. The van der Waals surface area contributed by atoms with E-state index in [-0.39, 0.29) is 24.8 Å². The summed E-state index contributed by atoms with van der Waals surface area (Å²) in [6.07, 6.45) is 1.77. The third-order valence-corrected chi connectivity index (χ3v) is 4.78. The number of nitrogens with zero attached hydrogens (tertiary/aromatic N) is 1. The normalized spacial score (nSPS) is 15.8. The van der Waals surface area contributed by atoms with Crippen molar-refractivity contribution in [1.82, 2.24) is 4.90 Å². The average molecular weight is 379 g/mol. The van der Waals surface area contributed by atoms with Gasteiger partial charge >= 0.3 is 5.97 Å². The highest BCUT2D eigenvalue weighted by atomic mass is 19.1. The highest BCUT2D eigenvalue weighted by Crippen LogP contribution is 2.26. The standard InChI is InChI=1S/C22H18FNO4/c23-18-8-3-5-15(11-18)14-28-22(26)19-12-16-6-1-2-7-17(16)13-24(19)21(25)20-9-4-10-27-20/h1-11,19H,12-14H2. The number of fused-ring (bicyclic) bond motifs is 1. The fraction of sp³-hybridized carbons (Fsp3) is 0.182. The zero-order valence-electron chi connectivity index (χ0n) is 15.0. The first-order valence-electron chi connectivity index (χ1n) is 8.94. The van der Waals surface area contributed by atoms with Gasteiger partial charge in [-0.05, 0) is 41.0 Å². The fourth-order valence-electron chi connectivity index (χ4n) is 3.37. The molecule has 6 heteroatoms. The molecular weight excluding hydrogens is 361 g/mol. The quantitative estimate of drug-likeness (QED) is 0.648. The molecule has 2 aromatic carbocycles. The molecule has 1 atom stereocenters. The fourth-order valence-corrected chi connectivity index (χ4v) is 3.37. The Hall–Kier alpha value is -3.41. The number of amides is 1. The van der Waals surface area contributed by atoms with Crippen molar-refractivity contribution in [3.05, 3.63) is 95.2 Å². The second-order valence-corrected chi connectivity index (χ2v) is 6.64. The summed E-state index contributed by atoms with van der Waals surface area (Å²) in [5.41, 5.74) is 2.53. The van der Waals surface area contributed by atoms with Crippen molar-refractivity contribution in [3.8, 4) is 0 Å². The van der Waals surface area contributed by atoms with Gasteiger partial charge in [0.05, 0.1) is 6.26 Å². The Morgan fingerprint density at radius 1 is 1.07 bits per heavy atom. The van der Waals surface area contributed by atoms with Crippen LogP contribution in [0, 0.1) is 5.82 Å². The Kier molecular flexibility index (Phi) is 4.93.